The first kappa shape index (κ1) is 10.7. The van der Waals surface area contributed by atoms with Gasteiger partial charge in [0.05, 0.1) is 0 Å². The van der Waals surface area contributed by atoms with Crippen molar-refractivity contribution in [3.05, 3.63) is 35.4 Å². The average molecular weight is 203 g/mol. The summed E-state index contributed by atoms with van der Waals surface area (Å²) in [5.41, 5.74) is 3.23. The van der Waals surface area contributed by atoms with Crippen LogP contribution in [0.25, 0.3) is 0 Å². The summed E-state index contributed by atoms with van der Waals surface area (Å²) in [6, 6.07) is 9.34. The lowest BCUT2D eigenvalue weighted by atomic mass is 9.80. The van der Waals surface area contributed by atoms with Gasteiger partial charge in [0.1, 0.15) is 0 Å². The van der Waals surface area contributed by atoms with Crippen LogP contribution in [-0.4, -0.2) is 5.54 Å². The Bertz CT molecular complexity index is 352. The summed E-state index contributed by atoms with van der Waals surface area (Å²) >= 11 is 0. The van der Waals surface area contributed by atoms with Crippen LogP contribution in [0.3, 0.4) is 0 Å². The smallest absolute Gasteiger partial charge is 0.0350 e. The summed E-state index contributed by atoms with van der Waals surface area (Å²) in [7, 11) is 0. The van der Waals surface area contributed by atoms with Gasteiger partial charge in [0, 0.05) is 11.6 Å². The molecule has 1 N–H and O–H groups in total. The van der Waals surface area contributed by atoms with Gasteiger partial charge in [0.25, 0.3) is 0 Å². The van der Waals surface area contributed by atoms with Crippen molar-refractivity contribution in [2.45, 2.75) is 45.7 Å². The fourth-order valence-corrected chi connectivity index (χ4v) is 2.55. The van der Waals surface area contributed by atoms with Crippen LogP contribution in [0, 0.1) is 5.92 Å². The summed E-state index contributed by atoms with van der Waals surface area (Å²) < 4.78 is 0. The van der Waals surface area contributed by atoms with E-state index in [1.54, 1.807) is 0 Å². The van der Waals surface area contributed by atoms with Gasteiger partial charge < -0.3 is 5.32 Å². The van der Waals surface area contributed by atoms with Gasteiger partial charge in [0.15, 0.2) is 0 Å². The van der Waals surface area contributed by atoms with Crippen molar-refractivity contribution in [1.29, 1.82) is 0 Å². The van der Waals surface area contributed by atoms with Gasteiger partial charge in [-0.1, -0.05) is 38.1 Å². The van der Waals surface area contributed by atoms with E-state index in [1.807, 2.05) is 0 Å². The standard InChI is InChI=1S/C14H21N/c1-10(2)13-12-8-6-5-7-11(12)9-14(3,4)15-13/h5-8,10,13,15H,9H2,1-4H3. The van der Waals surface area contributed by atoms with E-state index in [0.29, 0.717) is 12.0 Å². The fourth-order valence-electron chi connectivity index (χ4n) is 2.55. The molecule has 1 atom stereocenters. The van der Waals surface area contributed by atoms with Crippen LogP contribution in [0.15, 0.2) is 24.3 Å². The molecule has 1 aromatic rings. The van der Waals surface area contributed by atoms with Crippen molar-refractivity contribution < 1.29 is 0 Å². The minimum Gasteiger partial charge on any atom is -0.304 e. The van der Waals surface area contributed by atoms with Gasteiger partial charge in [-0.15, -0.1) is 0 Å². The molecule has 0 amide bonds. The summed E-state index contributed by atoms with van der Waals surface area (Å²) in [6.07, 6.45) is 1.13. The van der Waals surface area contributed by atoms with E-state index in [-0.39, 0.29) is 5.54 Å². The Hall–Kier alpha value is -0.820. The molecule has 1 heteroatoms. The van der Waals surface area contributed by atoms with E-state index in [9.17, 15) is 0 Å². The Morgan fingerprint density at radius 2 is 1.93 bits per heavy atom. The molecule has 1 aromatic carbocycles. The van der Waals surface area contributed by atoms with E-state index in [1.165, 1.54) is 11.1 Å². The molecule has 1 nitrogen and oxygen atoms in total. The molecule has 0 bridgehead atoms. The molecular formula is C14H21N. The van der Waals surface area contributed by atoms with Gasteiger partial charge in [-0.25, -0.2) is 0 Å². The Balaban J connectivity index is 2.43. The monoisotopic (exact) mass is 203 g/mol. The van der Waals surface area contributed by atoms with Gasteiger partial charge >= 0.3 is 0 Å². The Morgan fingerprint density at radius 1 is 1.27 bits per heavy atom. The molecule has 1 unspecified atom stereocenters. The minimum absolute atomic E-state index is 0.225. The molecule has 82 valence electrons. The van der Waals surface area contributed by atoms with Gasteiger partial charge in [-0.3, -0.25) is 0 Å². The Morgan fingerprint density at radius 3 is 2.60 bits per heavy atom. The number of hydrogen-bond donors (Lipinski definition) is 1. The average Bonchev–Trinajstić information content (AvgIpc) is 2.14. The summed E-state index contributed by atoms with van der Waals surface area (Å²) in [5.74, 6) is 0.644. The summed E-state index contributed by atoms with van der Waals surface area (Å²) in [6.45, 7) is 9.16. The number of fused-ring (bicyclic) bond motifs is 1. The molecule has 1 aliphatic heterocycles. The van der Waals surface area contributed by atoms with E-state index < -0.39 is 0 Å². The molecule has 0 aliphatic carbocycles. The van der Waals surface area contributed by atoms with Crippen LogP contribution in [-0.2, 0) is 6.42 Å². The predicted molar refractivity (Wildman–Crippen MR) is 64.9 cm³/mol. The molecule has 0 saturated carbocycles. The van der Waals surface area contributed by atoms with Crippen LogP contribution >= 0.6 is 0 Å². The normalized spacial score (nSPS) is 23.9. The second-order valence-corrected chi connectivity index (χ2v) is 5.63. The SMILES string of the molecule is CC(C)C1NC(C)(C)Cc2ccccc21. The van der Waals surface area contributed by atoms with Crippen LogP contribution in [0.5, 0.6) is 0 Å². The topological polar surface area (TPSA) is 12.0 Å². The number of hydrogen-bond acceptors (Lipinski definition) is 1. The first-order chi connectivity index (χ1) is 6.99. The van der Waals surface area contributed by atoms with E-state index in [2.05, 4.69) is 57.3 Å². The molecule has 0 radical (unpaired) electrons. The fraction of sp³-hybridized carbons (Fsp3) is 0.571. The lowest BCUT2D eigenvalue weighted by Gasteiger charge is -2.40. The molecule has 0 saturated heterocycles. The van der Waals surface area contributed by atoms with Crippen LogP contribution in [0.1, 0.15) is 44.9 Å². The molecule has 15 heavy (non-hydrogen) atoms. The Labute approximate surface area is 92.9 Å². The van der Waals surface area contributed by atoms with Crippen molar-refractivity contribution in [3.63, 3.8) is 0 Å². The first-order valence-electron chi connectivity index (χ1n) is 5.85. The maximum atomic E-state index is 3.75. The Kier molecular flexibility index (Phi) is 2.59. The van der Waals surface area contributed by atoms with Crippen molar-refractivity contribution in [2.24, 2.45) is 5.92 Å². The zero-order valence-corrected chi connectivity index (χ0v) is 10.2. The third kappa shape index (κ3) is 2.07. The largest absolute Gasteiger partial charge is 0.304 e. The number of benzene rings is 1. The van der Waals surface area contributed by atoms with E-state index in [0.717, 1.165) is 6.42 Å². The van der Waals surface area contributed by atoms with Crippen molar-refractivity contribution in [3.8, 4) is 0 Å². The zero-order chi connectivity index (χ0) is 11.1. The van der Waals surface area contributed by atoms with Gasteiger partial charge in [-0.2, -0.15) is 0 Å². The highest BCUT2D eigenvalue weighted by Crippen LogP contribution is 2.33. The zero-order valence-electron chi connectivity index (χ0n) is 10.2. The second-order valence-electron chi connectivity index (χ2n) is 5.63. The van der Waals surface area contributed by atoms with E-state index >= 15 is 0 Å². The lowest BCUT2D eigenvalue weighted by Crippen LogP contribution is -2.48. The third-order valence-corrected chi connectivity index (χ3v) is 3.24. The maximum absolute atomic E-state index is 3.75. The van der Waals surface area contributed by atoms with E-state index in [4.69, 9.17) is 0 Å². The molecule has 0 aromatic heterocycles. The quantitative estimate of drug-likeness (QED) is 0.738. The van der Waals surface area contributed by atoms with Crippen LogP contribution < -0.4 is 5.32 Å². The first-order valence-corrected chi connectivity index (χ1v) is 5.85. The van der Waals surface area contributed by atoms with Crippen molar-refractivity contribution in [1.82, 2.24) is 5.32 Å². The van der Waals surface area contributed by atoms with Crippen molar-refractivity contribution in [2.75, 3.05) is 0 Å². The molecule has 1 heterocycles. The minimum atomic E-state index is 0.225. The molecule has 1 aliphatic rings. The third-order valence-electron chi connectivity index (χ3n) is 3.24. The summed E-state index contributed by atoms with van der Waals surface area (Å²) in [5, 5.41) is 3.75. The van der Waals surface area contributed by atoms with Gasteiger partial charge in [-0.05, 0) is 37.3 Å². The molecule has 0 fully saturated rings. The van der Waals surface area contributed by atoms with Crippen LogP contribution in [0.2, 0.25) is 0 Å². The molecular weight excluding hydrogens is 182 g/mol. The van der Waals surface area contributed by atoms with Gasteiger partial charge in [0.2, 0.25) is 0 Å². The second kappa shape index (κ2) is 3.64. The summed E-state index contributed by atoms with van der Waals surface area (Å²) in [4.78, 5) is 0. The highest BCUT2D eigenvalue weighted by atomic mass is 15.0. The highest BCUT2D eigenvalue weighted by Gasteiger charge is 2.32. The van der Waals surface area contributed by atoms with Crippen molar-refractivity contribution >= 4 is 0 Å². The highest BCUT2D eigenvalue weighted by molar-refractivity contribution is 5.34. The molecule has 0 spiro atoms. The lowest BCUT2D eigenvalue weighted by molar-refractivity contribution is 0.265. The molecule has 2 rings (SSSR count). The number of nitrogens with one attached hydrogen (secondary N) is 1. The predicted octanol–water partition coefficient (Wildman–Crippen LogP) is 3.31. The van der Waals surface area contributed by atoms with Crippen LogP contribution in [0.4, 0.5) is 0 Å². The number of rotatable bonds is 1. The maximum Gasteiger partial charge on any atom is 0.0350 e.